The molecule has 1 aromatic rings. The van der Waals surface area contributed by atoms with Gasteiger partial charge in [-0.2, -0.15) is 0 Å². The Labute approximate surface area is 119 Å². The van der Waals surface area contributed by atoms with Crippen molar-refractivity contribution >= 4 is 17.6 Å². The fraction of sp³-hybridized carbons (Fsp3) is 0.533. The van der Waals surface area contributed by atoms with Crippen molar-refractivity contribution in [1.29, 1.82) is 0 Å². The lowest BCUT2D eigenvalue weighted by Crippen LogP contribution is -2.27. The predicted octanol–water partition coefficient (Wildman–Crippen LogP) is 3.42. The Hall–Kier alpha value is -1.06. The van der Waals surface area contributed by atoms with Crippen LogP contribution in [0.4, 0.5) is 0 Å². The van der Waals surface area contributed by atoms with Gasteiger partial charge in [-0.25, -0.2) is 0 Å². The molecular weight excluding hydrogens is 262 g/mol. The van der Waals surface area contributed by atoms with Crippen molar-refractivity contribution in [3.63, 3.8) is 0 Å². The number of halogens is 1. The van der Waals surface area contributed by atoms with Gasteiger partial charge in [-0.1, -0.05) is 29.8 Å². The van der Waals surface area contributed by atoms with Gasteiger partial charge in [0.1, 0.15) is 0 Å². The number of carboxylic acids is 1. The number of aliphatic carboxylic acids is 1. The molecule has 1 aromatic carbocycles. The van der Waals surface area contributed by atoms with Crippen molar-refractivity contribution in [2.24, 2.45) is 5.92 Å². The van der Waals surface area contributed by atoms with E-state index in [0.29, 0.717) is 6.42 Å². The highest BCUT2D eigenvalue weighted by molar-refractivity contribution is 6.31. The molecule has 0 spiro atoms. The zero-order valence-corrected chi connectivity index (χ0v) is 11.8. The van der Waals surface area contributed by atoms with E-state index in [1.807, 2.05) is 24.3 Å². The van der Waals surface area contributed by atoms with Crippen molar-refractivity contribution in [3.8, 4) is 0 Å². The summed E-state index contributed by atoms with van der Waals surface area (Å²) in [5.41, 5.74) is 1.13. The van der Waals surface area contributed by atoms with Gasteiger partial charge in [-0.05, 0) is 43.4 Å². The van der Waals surface area contributed by atoms with Gasteiger partial charge in [0.15, 0.2) is 0 Å². The van der Waals surface area contributed by atoms with E-state index < -0.39 is 5.97 Å². The van der Waals surface area contributed by atoms with E-state index >= 15 is 0 Å². The number of rotatable bonds is 8. The third kappa shape index (κ3) is 5.21. The van der Waals surface area contributed by atoms with Crippen LogP contribution < -0.4 is 0 Å². The average molecular weight is 282 g/mol. The van der Waals surface area contributed by atoms with Crippen molar-refractivity contribution in [3.05, 3.63) is 34.9 Å². The fourth-order valence-corrected chi connectivity index (χ4v) is 2.42. The topological polar surface area (TPSA) is 40.5 Å². The van der Waals surface area contributed by atoms with Crippen LogP contribution in [0.2, 0.25) is 5.02 Å². The molecule has 0 radical (unpaired) electrons. The molecule has 1 saturated carbocycles. The molecule has 0 aliphatic heterocycles. The van der Waals surface area contributed by atoms with E-state index in [4.69, 9.17) is 16.7 Å². The molecule has 0 heterocycles. The van der Waals surface area contributed by atoms with Crippen LogP contribution in [0.15, 0.2) is 24.3 Å². The largest absolute Gasteiger partial charge is 0.481 e. The molecule has 4 heteroatoms. The Morgan fingerprint density at radius 1 is 1.37 bits per heavy atom. The minimum atomic E-state index is -0.718. The summed E-state index contributed by atoms with van der Waals surface area (Å²) in [6.45, 7) is 2.70. The molecule has 0 saturated heterocycles. The number of nitrogens with zero attached hydrogens (tertiary/aromatic N) is 1. The number of benzene rings is 1. The van der Waals surface area contributed by atoms with E-state index in [0.717, 1.165) is 36.1 Å². The Balaban J connectivity index is 1.89. The first kappa shape index (κ1) is 14.4. The third-order valence-electron chi connectivity index (χ3n) is 3.43. The van der Waals surface area contributed by atoms with Crippen molar-refractivity contribution < 1.29 is 9.90 Å². The van der Waals surface area contributed by atoms with Gasteiger partial charge < -0.3 is 5.11 Å². The smallest absolute Gasteiger partial charge is 0.303 e. The zero-order chi connectivity index (χ0) is 13.7. The monoisotopic (exact) mass is 281 g/mol. The van der Waals surface area contributed by atoms with Crippen LogP contribution in [-0.4, -0.2) is 29.1 Å². The summed E-state index contributed by atoms with van der Waals surface area (Å²) in [7, 11) is 0. The molecule has 0 unspecified atom stereocenters. The molecule has 2 rings (SSSR count). The first-order chi connectivity index (χ1) is 9.15. The fourth-order valence-electron chi connectivity index (χ4n) is 2.22. The normalized spacial score (nSPS) is 14.8. The molecule has 0 bridgehead atoms. The summed E-state index contributed by atoms with van der Waals surface area (Å²) in [5, 5.41) is 9.51. The van der Waals surface area contributed by atoms with Crippen LogP contribution in [0.3, 0.4) is 0 Å². The van der Waals surface area contributed by atoms with E-state index in [9.17, 15) is 4.79 Å². The first-order valence-electron chi connectivity index (χ1n) is 6.82. The van der Waals surface area contributed by atoms with Crippen molar-refractivity contribution in [1.82, 2.24) is 4.90 Å². The van der Waals surface area contributed by atoms with Gasteiger partial charge in [-0.3, -0.25) is 9.69 Å². The lowest BCUT2D eigenvalue weighted by Gasteiger charge is -2.22. The molecule has 1 aliphatic carbocycles. The van der Waals surface area contributed by atoms with Crippen LogP contribution in [0.5, 0.6) is 0 Å². The summed E-state index contributed by atoms with van der Waals surface area (Å²) in [6.07, 6.45) is 3.55. The van der Waals surface area contributed by atoms with Crippen LogP contribution >= 0.6 is 11.6 Å². The first-order valence-corrected chi connectivity index (χ1v) is 7.20. The van der Waals surface area contributed by atoms with Gasteiger partial charge in [0.2, 0.25) is 0 Å². The molecule has 19 heavy (non-hydrogen) atoms. The summed E-state index contributed by atoms with van der Waals surface area (Å²) >= 11 is 6.18. The Morgan fingerprint density at radius 3 is 2.74 bits per heavy atom. The van der Waals surface area contributed by atoms with Gasteiger partial charge in [0, 0.05) is 24.5 Å². The lowest BCUT2D eigenvalue weighted by atomic mass is 10.2. The van der Waals surface area contributed by atoms with Gasteiger partial charge in [0.05, 0.1) is 0 Å². The number of hydrogen-bond donors (Lipinski definition) is 1. The molecule has 1 aliphatic rings. The lowest BCUT2D eigenvalue weighted by molar-refractivity contribution is -0.137. The molecule has 0 aromatic heterocycles. The standard InChI is InChI=1S/C15H20ClNO2/c16-14-5-2-1-4-13(14)11-17(10-12-7-8-12)9-3-6-15(18)19/h1-2,4-5,12H,3,6-11H2,(H,18,19). The van der Waals surface area contributed by atoms with E-state index in [2.05, 4.69) is 4.90 Å². The second-order valence-corrected chi connectivity index (χ2v) is 5.67. The maximum absolute atomic E-state index is 10.6. The Bertz CT molecular complexity index is 432. The summed E-state index contributed by atoms with van der Waals surface area (Å²) in [6, 6.07) is 7.87. The maximum atomic E-state index is 10.6. The number of carbonyl (C=O) groups is 1. The van der Waals surface area contributed by atoms with Crippen LogP contribution in [0, 0.1) is 5.92 Å². The molecular formula is C15H20ClNO2. The quantitative estimate of drug-likeness (QED) is 0.794. The summed E-state index contributed by atoms with van der Waals surface area (Å²) in [5.74, 6) is 0.0800. The summed E-state index contributed by atoms with van der Waals surface area (Å²) in [4.78, 5) is 12.9. The molecule has 104 valence electrons. The molecule has 1 fully saturated rings. The zero-order valence-electron chi connectivity index (χ0n) is 11.0. The van der Waals surface area contributed by atoms with E-state index in [1.54, 1.807) is 0 Å². The van der Waals surface area contributed by atoms with Crippen LogP contribution in [0.1, 0.15) is 31.2 Å². The minimum Gasteiger partial charge on any atom is -0.481 e. The second kappa shape index (κ2) is 6.92. The second-order valence-electron chi connectivity index (χ2n) is 5.27. The molecule has 1 N–H and O–H groups in total. The Morgan fingerprint density at radius 2 is 2.11 bits per heavy atom. The Kier molecular flexibility index (Phi) is 5.23. The molecule has 0 atom stereocenters. The third-order valence-corrected chi connectivity index (χ3v) is 3.80. The SMILES string of the molecule is O=C(O)CCCN(Cc1ccccc1Cl)CC1CC1. The average Bonchev–Trinajstić information content (AvgIpc) is 3.15. The highest BCUT2D eigenvalue weighted by atomic mass is 35.5. The predicted molar refractivity (Wildman–Crippen MR) is 76.3 cm³/mol. The summed E-state index contributed by atoms with van der Waals surface area (Å²) < 4.78 is 0. The minimum absolute atomic E-state index is 0.240. The van der Waals surface area contributed by atoms with Gasteiger partial charge in [0.25, 0.3) is 0 Å². The van der Waals surface area contributed by atoms with Crippen LogP contribution in [0.25, 0.3) is 0 Å². The van der Waals surface area contributed by atoms with Crippen molar-refractivity contribution in [2.75, 3.05) is 13.1 Å². The highest BCUT2D eigenvalue weighted by Crippen LogP contribution is 2.30. The van der Waals surface area contributed by atoms with Crippen molar-refractivity contribution in [2.45, 2.75) is 32.2 Å². The number of hydrogen-bond acceptors (Lipinski definition) is 2. The van der Waals surface area contributed by atoms with Gasteiger partial charge in [-0.15, -0.1) is 0 Å². The van der Waals surface area contributed by atoms with E-state index in [-0.39, 0.29) is 6.42 Å². The van der Waals surface area contributed by atoms with Crippen LogP contribution in [-0.2, 0) is 11.3 Å². The van der Waals surface area contributed by atoms with Gasteiger partial charge >= 0.3 is 5.97 Å². The van der Waals surface area contributed by atoms with E-state index in [1.165, 1.54) is 12.8 Å². The number of carboxylic acid groups (broad SMARTS) is 1. The molecule has 3 nitrogen and oxygen atoms in total. The molecule has 0 amide bonds. The highest BCUT2D eigenvalue weighted by Gasteiger charge is 2.24. The maximum Gasteiger partial charge on any atom is 0.303 e.